The van der Waals surface area contributed by atoms with Crippen molar-refractivity contribution in [3.05, 3.63) is 25.3 Å². The van der Waals surface area contributed by atoms with Crippen LogP contribution in [0.4, 0.5) is 0 Å². The number of unbranched alkanes of at least 4 members (excludes halogenated alkanes) is 4. The van der Waals surface area contributed by atoms with E-state index in [1.807, 2.05) is 6.92 Å². The molecular formula is C29H47N3O5. The van der Waals surface area contributed by atoms with Crippen molar-refractivity contribution in [1.82, 2.24) is 14.7 Å². The van der Waals surface area contributed by atoms with E-state index in [0.717, 1.165) is 38.5 Å². The number of aliphatic hydroxyl groups is 1. The molecule has 0 aliphatic carbocycles. The number of amides is 3. The van der Waals surface area contributed by atoms with Crippen molar-refractivity contribution in [3.63, 3.8) is 0 Å². The van der Waals surface area contributed by atoms with Gasteiger partial charge in [-0.05, 0) is 38.5 Å². The molecule has 0 radical (unpaired) electrons. The van der Waals surface area contributed by atoms with E-state index in [1.54, 1.807) is 33.9 Å². The van der Waals surface area contributed by atoms with Crippen LogP contribution in [0.1, 0.15) is 65.7 Å². The van der Waals surface area contributed by atoms with Crippen LogP contribution in [0.5, 0.6) is 0 Å². The van der Waals surface area contributed by atoms with Gasteiger partial charge in [0.2, 0.25) is 17.7 Å². The van der Waals surface area contributed by atoms with Crippen LogP contribution in [0.15, 0.2) is 25.3 Å². The van der Waals surface area contributed by atoms with Gasteiger partial charge in [0.25, 0.3) is 0 Å². The number of nitrogens with zero attached hydrogens (tertiary/aromatic N) is 3. The molecule has 3 fully saturated rings. The fraction of sp³-hybridized carbons (Fsp3) is 0.759. The number of likely N-dealkylation sites (N-methyl/N-ethyl adjacent to an activating group) is 1. The molecule has 0 saturated carbocycles. The van der Waals surface area contributed by atoms with Crippen molar-refractivity contribution in [1.29, 1.82) is 0 Å². The molecule has 0 aromatic carbocycles. The maximum atomic E-state index is 14.2. The lowest BCUT2D eigenvalue weighted by molar-refractivity contribution is -0.154. The Morgan fingerprint density at radius 3 is 2.43 bits per heavy atom. The maximum Gasteiger partial charge on any atom is 0.248 e. The molecule has 37 heavy (non-hydrogen) atoms. The van der Waals surface area contributed by atoms with Crippen molar-refractivity contribution >= 4 is 17.7 Å². The van der Waals surface area contributed by atoms with Crippen molar-refractivity contribution in [2.45, 2.75) is 83.0 Å². The van der Waals surface area contributed by atoms with Gasteiger partial charge in [-0.1, -0.05) is 45.3 Å². The molecular weight excluding hydrogens is 470 g/mol. The minimum absolute atomic E-state index is 0.0194. The number of aliphatic hydroxyl groups excluding tert-OH is 1. The summed E-state index contributed by atoms with van der Waals surface area (Å²) in [6, 6.07) is -0.758. The van der Waals surface area contributed by atoms with E-state index < -0.39 is 29.1 Å². The Balaban J connectivity index is 2.02. The molecule has 3 saturated heterocycles. The highest BCUT2D eigenvalue weighted by molar-refractivity contribution is 5.99. The number of carbonyl (C=O) groups is 3. The Morgan fingerprint density at radius 2 is 1.81 bits per heavy atom. The van der Waals surface area contributed by atoms with Crippen molar-refractivity contribution in [3.8, 4) is 0 Å². The van der Waals surface area contributed by atoms with Crippen LogP contribution in [-0.2, 0) is 19.1 Å². The Hall–Kier alpha value is -2.19. The summed E-state index contributed by atoms with van der Waals surface area (Å²) in [6.45, 7) is 15.7. The molecule has 8 heteroatoms. The van der Waals surface area contributed by atoms with E-state index in [9.17, 15) is 14.4 Å². The summed E-state index contributed by atoms with van der Waals surface area (Å²) in [5, 5.41) is 9.13. The van der Waals surface area contributed by atoms with Crippen molar-refractivity contribution in [2.24, 2.45) is 17.8 Å². The zero-order valence-corrected chi connectivity index (χ0v) is 23.3. The van der Waals surface area contributed by atoms with Crippen LogP contribution in [-0.4, -0.2) is 94.6 Å². The number of carbonyl (C=O) groups excluding carboxylic acids is 3. The zero-order valence-electron chi connectivity index (χ0n) is 23.3. The van der Waals surface area contributed by atoms with Gasteiger partial charge >= 0.3 is 0 Å². The third kappa shape index (κ3) is 5.11. The van der Waals surface area contributed by atoms with E-state index in [1.165, 1.54) is 0 Å². The highest BCUT2D eigenvalue weighted by Gasteiger charge is 2.80. The molecule has 2 bridgehead atoms. The standard InChI is InChI=1S/C29H47N3O5/c1-7-10-17-31(16-9-3)27(36)24-29-20-21(4)28(5,37-29)22(25(34)30(6)15-8-2)23(29)26(35)32(24)18-13-11-12-14-19-33/h8-9,21-24,33H,2-3,7,10-20H2,1,4-6H3/t21?,22-,23+,24?,28+,29?/m1/s1. The predicted molar refractivity (Wildman–Crippen MR) is 144 cm³/mol. The Labute approximate surface area is 222 Å². The maximum absolute atomic E-state index is 14.2. The third-order valence-corrected chi connectivity index (χ3v) is 8.84. The molecule has 3 aliphatic heterocycles. The number of hydrogen-bond donors (Lipinski definition) is 1. The second-order valence-electron chi connectivity index (χ2n) is 11.3. The number of rotatable bonds is 15. The minimum Gasteiger partial charge on any atom is -0.396 e. The van der Waals surface area contributed by atoms with Gasteiger partial charge in [0, 0.05) is 39.8 Å². The lowest BCUT2D eigenvalue weighted by atomic mass is 9.62. The van der Waals surface area contributed by atoms with Crippen LogP contribution < -0.4 is 0 Å². The van der Waals surface area contributed by atoms with Crippen molar-refractivity contribution in [2.75, 3.05) is 39.8 Å². The van der Waals surface area contributed by atoms with Gasteiger partial charge in [-0.25, -0.2) is 0 Å². The summed E-state index contributed by atoms with van der Waals surface area (Å²) in [5.41, 5.74) is -1.83. The smallest absolute Gasteiger partial charge is 0.248 e. The molecule has 6 atom stereocenters. The fourth-order valence-electron chi connectivity index (χ4n) is 6.87. The molecule has 1 N–H and O–H groups in total. The average Bonchev–Trinajstić information content (AvgIpc) is 3.37. The van der Waals surface area contributed by atoms with E-state index in [4.69, 9.17) is 9.84 Å². The van der Waals surface area contributed by atoms with Crippen molar-refractivity contribution < 1.29 is 24.2 Å². The SMILES string of the molecule is C=CCN(C)C(=O)[C@H]1[C@H]2C(=O)N(CCCCCCO)C(C(=O)N(CC=C)CCCC)C23CC(C)[C@]1(C)O3. The van der Waals surface area contributed by atoms with Crippen LogP contribution in [0.3, 0.4) is 0 Å². The number of ether oxygens (including phenoxy) is 1. The molecule has 3 rings (SSSR count). The summed E-state index contributed by atoms with van der Waals surface area (Å²) >= 11 is 0. The topological polar surface area (TPSA) is 90.4 Å². The first-order valence-corrected chi connectivity index (χ1v) is 14.0. The van der Waals surface area contributed by atoms with E-state index in [0.29, 0.717) is 32.6 Å². The lowest BCUT2D eigenvalue weighted by Gasteiger charge is -2.38. The van der Waals surface area contributed by atoms with Crippen LogP contribution in [0, 0.1) is 17.8 Å². The van der Waals surface area contributed by atoms with Gasteiger partial charge in [-0.3, -0.25) is 14.4 Å². The summed E-state index contributed by atoms with van der Waals surface area (Å²) in [4.78, 5) is 47.3. The van der Waals surface area contributed by atoms with Gasteiger partial charge in [0.15, 0.2) is 0 Å². The minimum atomic E-state index is -1.02. The highest BCUT2D eigenvalue weighted by atomic mass is 16.5. The summed E-state index contributed by atoms with van der Waals surface area (Å²) < 4.78 is 6.82. The first-order chi connectivity index (χ1) is 17.6. The third-order valence-electron chi connectivity index (χ3n) is 8.84. The van der Waals surface area contributed by atoms with Gasteiger partial charge in [0.1, 0.15) is 11.6 Å². The van der Waals surface area contributed by atoms with E-state index >= 15 is 0 Å². The van der Waals surface area contributed by atoms with Gasteiger partial charge < -0.3 is 24.5 Å². The fourth-order valence-corrected chi connectivity index (χ4v) is 6.87. The first-order valence-electron chi connectivity index (χ1n) is 14.0. The molecule has 208 valence electrons. The number of likely N-dealkylation sites (tertiary alicyclic amines) is 1. The van der Waals surface area contributed by atoms with Gasteiger partial charge in [-0.2, -0.15) is 0 Å². The zero-order chi connectivity index (χ0) is 27.4. The molecule has 8 nitrogen and oxygen atoms in total. The molecule has 0 aromatic heterocycles. The highest BCUT2D eigenvalue weighted by Crippen LogP contribution is 2.65. The normalized spacial score (nSPS) is 31.9. The molecule has 3 aliphatic rings. The average molecular weight is 518 g/mol. The quantitative estimate of drug-likeness (QED) is 0.266. The summed E-state index contributed by atoms with van der Waals surface area (Å²) in [6.07, 6.45) is 8.96. The first kappa shape index (κ1) is 29.4. The molecule has 3 unspecified atom stereocenters. The monoisotopic (exact) mass is 517 g/mol. The largest absolute Gasteiger partial charge is 0.396 e. The van der Waals surface area contributed by atoms with E-state index in [-0.39, 0.29) is 30.2 Å². The number of fused-ring (bicyclic) bond motifs is 1. The van der Waals surface area contributed by atoms with Gasteiger partial charge in [0.05, 0.1) is 17.4 Å². The summed E-state index contributed by atoms with van der Waals surface area (Å²) in [7, 11) is 1.73. The van der Waals surface area contributed by atoms with Gasteiger partial charge in [-0.15, -0.1) is 13.2 Å². The Morgan fingerprint density at radius 1 is 1.14 bits per heavy atom. The van der Waals surface area contributed by atoms with Crippen LogP contribution in [0.25, 0.3) is 0 Å². The van der Waals surface area contributed by atoms with Crippen LogP contribution >= 0.6 is 0 Å². The number of hydrogen-bond acceptors (Lipinski definition) is 5. The molecule has 3 heterocycles. The Bertz CT molecular complexity index is 878. The summed E-state index contributed by atoms with van der Waals surface area (Å²) in [5.74, 6) is -1.69. The predicted octanol–water partition coefficient (Wildman–Crippen LogP) is 3.01. The van der Waals surface area contributed by atoms with Crippen LogP contribution in [0.2, 0.25) is 0 Å². The second kappa shape index (κ2) is 12.1. The molecule has 1 spiro atoms. The molecule has 3 amide bonds. The molecule has 0 aromatic rings. The van der Waals surface area contributed by atoms with E-state index in [2.05, 4.69) is 27.0 Å². The second-order valence-corrected chi connectivity index (χ2v) is 11.3. The Kier molecular flexibility index (Phi) is 9.62. The lowest BCUT2D eigenvalue weighted by Crippen LogP contribution is -2.57.